The Bertz CT molecular complexity index is 1130. The summed E-state index contributed by atoms with van der Waals surface area (Å²) in [4.78, 5) is 32.6. The number of phenolic OH excluding ortho intramolecular Hbond substituents is 1. The molecule has 36 heavy (non-hydrogen) atoms. The molecule has 0 heterocycles. The second kappa shape index (κ2) is 10.9. The number of benzene rings is 2. The van der Waals surface area contributed by atoms with Gasteiger partial charge in [-0.2, -0.15) is 0 Å². The van der Waals surface area contributed by atoms with Gasteiger partial charge in [0.2, 0.25) is 0 Å². The fraction of sp³-hybridized carbons (Fsp3) is 0.464. The van der Waals surface area contributed by atoms with Crippen molar-refractivity contribution in [3.05, 3.63) is 59.7 Å². The lowest BCUT2D eigenvalue weighted by atomic mass is 9.55. The van der Waals surface area contributed by atoms with Gasteiger partial charge in [0.25, 0.3) is 0 Å². The summed E-state index contributed by atoms with van der Waals surface area (Å²) < 4.78 is 11.3. The van der Waals surface area contributed by atoms with Crippen molar-refractivity contribution >= 4 is 25.7 Å². The summed E-state index contributed by atoms with van der Waals surface area (Å²) in [5.41, 5.74) is 2.38. The largest absolute Gasteiger partial charge is 0.508 e. The molecule has 0 spiro atoms. The standard InChI is InChI=1S/C28H35NO6Si/c1-5-13-33-28(32)26-24-21-16-18(30)11-12-20(21)22(25(26)27(31)34-14-15-36(2,3)4)17-23(24)29-35-19-9-7-6-8-10-19/h6-12,16,22,24-26,30H,5,13-15,17H2,1-4H3/t22?,24-,25-,26-/m1/s1. The molecule has 0 amide bonds. The molecule has 0 radical (unpaired) electrons. The third-order valence-corrected chi connectivity index (χ3v) is 8.58. The Morgan fingerprint density at radius 3 is 2.36 bits per heavy atom. The van der Waals surface area contributed by atoms with Crippen molar-refractivity contribution in [3.63, 3.8) is 0 Å². The number of hydrogen-bond donors (Lipinski definition) is 1. The molecule has 2 aromatic rings. The number of fused-ring (bicyclic) bond motifs is 2. The van der Waals surface area contributed by atoms with E-state index in [0.29, 0.717) is 30.9 Å². The number of carbonyl (C=O) groups excluding carboxylic acids is 2. The van der Waals surface area contributed by atoms with E-state index >= 15 is 0 Å². The average molecular weight is 510 g/mol. The summed E-state index contributed by atoms with van der Waals surface area (Å²) in [6, 6.07) is 15.2. The Balaban J connectivity index is 1.72. The van der Waals surface area contributed by atoms with E-state index in [-0.39, 0.29) is 24.2 Å². The van der Waals surface area contributed by atoms with Crippen molar-refractivity contribution in [2.45, 2.75) is 57.3 Å². The van der Waals surface area contributed by atoms with Gasteiger partial charge in [-0.15, -0.1) is 0 Å². The molecule has 0 saturated heterocycles. The zero-order valence-electron chi connectivity index (χ0n) is 21.4. The highest BCUT2D eigenvalue weighted by Crippen LogP contribution is 2.55. The second-order valence-corrected chi connectivity index (χ2v) is 16.4. The Morgan fingerprint density at radius 2 is 1.67 bits per heavy atom. The maximum Gasteiger partial charge on any atom is 0.310 e. The van der Waals surface area contributed by atoms with Gasteiger partial charge in [-0.05, 0) is 54.3 Å². The van der Waals surface area contributed by atoms with Gasteiger partial charge < -0.3 is 19.4 Å². The van der Waals surface area contributed by atoms with Gasteiger partial charge in [0.15, 0.2) is 5.75 Å². The quantitative estimate of drug-likeness (QED) is 0.273. The van der Waals surface area contributed by atoms with E-state index in [2.05, 4.69) is 24.8 Å². The third-order valence-electron chi connectivity index (χ3n) is 6.87. The number of carbonyl (C=O) groups is 2. The van der Waals surface area contributed by atoms with Crippen LogP contribution in [0.4, 0.5) is 0 Å². The number of nitrogens with zero attached hydrogens (tertiary/aromatic N) is 1. The predicted molar refractivity (Wildman–Crippen MR) is 140 cm³/mol. The molecular weight excluding hydrogens is 474 g/mol. The van der Waals surface area contributed by atoms with Crippen LogP contribution in [0.25, 0.3) is 0 Å². The molecule has 8 heteroatoms. The van der Waals surface area contributed by atoms with Crippen molar-refractivity contribution in [2.75, 3.05) is 13.2 Å². The molecule has 2 aromatic carbocycles. The summed E-state index contributed by atoms with van der Waals surface area (Å²) >= 11 is 0. The van der Waals surface area contributed by atoms with Crippen LogP contribution in [0.3, 0.4) is 0 Å². The molecule has 3 aliphatic carbocycles. The van der Waals surface area contributed by atoms with Gasteiger partial charge in [-0.3, -0.25) is 9.59 Å². The summed E-state index contributed by atoms with van der Waals surface area (Å²) in [6.45, 7) is 9.23. The SMILES string of the molecule is CCCOC(=O)[C@H]1[C@H](C(=O)OCC[Si](C)(C)C)C2CC(=NOc3ccccc3)[C@H]1c1cc(O)ccc12. The van der Waals surface area contributed by atoms with Crippen LogP contribution in [0.5, 0.6) is 11.5 Å². The molecule has 0 aromatic heterocycles. The van der Waals surface area contributed by atoms with Crippen LogP contribution >= 0.6 is 0 Å². The Hall–Kier alpha value is -3.13. The lowest BCUT2D eigenvalue weighted by Gasteiger charge is -2.47. The van der Waals surface area contributed by atoms with E-state index in [9.17, 15) is 14.7 Å². The zero-order chi connectivity index (χ0) is 25.9. The lowest BCUT2D eigenvalue weighted by Crippen LogP contribution is -2.51. The molecule has 0 aliphatic heterocycles. The molecule has 1 fully saturated rings. The summed E-state index contributed by atoms with van der Waals surface area (Å²) in [6.07, 6.45) is 1.13. The summed E-state index contributed by atoms with van der Waals surface area (Å²) in [7, 11) is -1.40. The van der Waals surface area contributed by atoms with Gasteiger partial charge in [0.1, 0.15) is 5.75 Å². The number of phenols is 1. The molecule has 1 saturated carbocycles. The van der Waals surface area contributed by atoms with Gasteiger partial charge in [0, 0.05) is 19.9 Å². The number of oxime groups is 1. The Labute approximate surface area is 213 Å². The van der Waals surface area contributed by atoms with Crippen LogP contribution in [0.1, 0.15) is 42.7 Å². The van der Waals surface area contributed by atoms with E-state index < -0.39 is 31.8 Å². The molecule has 1 N–H and O–H groups in total. The van der Waals surface area contributed by atoms with E-state index in [1.165, 1.54) is 0 Å². The molecular formula is C28H35NO6Si. The normalized spacial score (nSPS) is 23.7. The summed E-state index contributed by atoms with van der Waals surface area (Å²) in [5.74, 6) is -2.52. The topological polar surface area (TPSA) is 94.4 Å². The number of aromatic hydroxyl groups is 1. The maximum atomic E-state index is 13.5. The van der Waals surface area contributed by atoms with Crippen LogP contribution in [-0.2, 0) is 19.1 Å². The average Bonchev–Trinajstić information content (AvgIpc) is 2.85. The minimum atomic E-state index is -1.40. The Morgan fingerprint density at radius 1 is 0.972 bits per heavy atom. The van der Waals surface area contributed by atoms with Gasteiger partial charge >= 0.3 is 11.9 Å². The first-order chi connectivity index (χ1) is 17.2. The second-order valence-electron chi connectivity index (χ2n) is 10.8. The highest BCUT2D eigenvalue weighted by atomic mass is 28.3. The fourth-order valence-electron chi connectivity index (χ4n) is 5.12. The van der Waals surface area contributed by atoms with Gasteiger partial charge in [-0.25, -0.2) is 0 Å². The highest BCUT2D eigenvalue weighted by Gasteiger charge is 2.57. The van der Waals surface area contributed by atoms with Gasteiger partial charge in [-0.1, -0.05) is 56.0 Å². The van der Waals surface area contributed by atoms with Crippen LogP contribution < -0.4 is 4.84 Å². The van der Waals surface area contributed by atoms with Crippen molar-refractivity contribution < 1.29 is 29.0 Å². The van der Waals surface area contributed by atoms with Crippen LogP contribution in [0, 0.1) is 11.8 Å². The van der Waals surface area contributed by atoms with Crippen LogP contribution in [0.2, 0.25) is 25.7 Å². The van der Waals surface area contributed by atoms with E-state index in [1.54, 1.807) is 24.3 Å². The first-order valence-electron chi connectivity index (χ1n) is 12.6. The van der Waals surface area contributed by atoms with Gasteiger partial charge in [0.05, 0.1) is 30.8 Å². The van der Waals surface area contributed by atoms with Crippen molar-refractivity contribution in [1.29, 1.82) is 0 Å². The zero-order valence-corrected chi connectivity index (χ0v) is 22.4. The fourth-order valence-corrected chi connectivity index (χ4v) is 5.84. The molecule has 7 nitrogen and oxygen atoms in total. The number of hydrogen-bond acceptors (Lipinski definition) is 7. The van der Waals surface area contributed by atoms with Crippen LogP contribution in [-0.4, -0.2) is 44.0 Å². The van der Waals surface area contributed by atoms with Crippen molar-refractivity contribution in [1.82, 2.24) is 0 Å². The number of rotatable bonds is 9. The van der Waals surface area contributed by atoms with E-state index in [4.69, 9.17) is 14.3 Å². The molecule has 4 atom stereocenters. The molecule has 192 valence electrons. The highest BCUT2D eigenvalue weighted by molar-refractivity contribution is 6.76. The minimum Gasteiger partial charge on any atom is -0.508 e. The molecule has 3 aliphatic rings. The Kier molecular flexibility index (Phi) is 7.83. The first kappa shape index (κ1) is 25.9. The number of esters is 2. The maximum absolute atomic E-state index is 13.5. The first-order valence-corrected chi connectivity index (χ1v) is 16.3. The third kappa shape index (κ3) is 5.64. The summed E-state index contributed by atoms with van der Waals surface area (Å²) in [5, 5.41) is 14.7. The smallest absolute Gasteiger partial charge is 0.310 e. The van der Waals surface area contributed by atoms with E-state index in [1.807, 2.05) is 31.2 Å². The lowest BCUT2D eigenvalue weighted by molar-refractivity contribution is -0.163. The van der Waals surface area contributed by atoms with E-state index in [0.717, 1.165) is 17.2 Å². The predicted octanol–water partition coefficient (Wildman–Crippen LogP) is 5.48. The van der Waals surface area contributed by atoms with Crippen molar-refractivity contribution in [2.24, 2.45) is 17.0 Å². The van der Waals surface area contributed by atoms with Crippen LogP contribution in [0.15, 0.2) is 53.7 Å². The molecule has 5 rings (SSSR count). The van der Waals surface area contributed by atoms with Crippen molar-refractivity contribution in [3.8, 4) is 11.5 Å². The molecule has 2 bridgehead atoms. The monoisotopic (exact) mass is 509 g/mol. The number of ether oxygens (including phenoxy) is 2. The minimum absolute atomic E-state index is 0.0968. The number of para-hydroxylation sites is 1. The molecule has 1 unspecified atom stereocenters.